The number of benzene rings is 1. The fourth-order valence-electron chi connectivity index (χ4n) is 3.86. The highest BCUT2D eigenvalue weighted by molar-refractivity contribution is 5.81. The molecule has 0 spiro atoms. The van der Waals surface area contributed by atoms with E-state index in [0.717, 1.165) is 23.7 Å². The summed E-state index contributed by atoms with van der Waals surface area (Å²) in [6.07, 6.45) is 5.42. The molecule has 21 heavy (non-hydrogen) atoms. The normalized spacial score (nSPS) is 28.4. The SMILES string of the molecule is CC[C@@H](Oc1ccccc1C)C(=O)N[C@H]1C[C@H]2CC[C@H]1C2. The topological polar surface area (TPSA) is 38.3 Å². The number of nitrogens with one attached hydrogen (secondary N) is 1. The van der Waals surface area contributed by atoms with E-state index in [4.69, 9.17) is 4.74 Å². The second-order valence-electron chi connectivity index (χ2n) is 6.57. The van der Waals surface area contributed by atoms with Crippen LogP contribution in [0.1, 0.15) is 44.6 Å². The molecule has 2 bridgehead atoms. The van der Waals surface area contributed by atoms with Crippen LogP contribution in [0, 0.1) is 18.8 Å². The third-order valence-corrected chi connectivity index (χ3v) is 5.09. The largest absolute Gasteiger partial charge is 0.480 e. The zero-order chi connectivity index (χ0) is 14.8. The van der Waals surface area contributed by atoms with Crippen LogP contribution in [0.15, 0.2) is 24.3 Å². The van der Waals surface area contributed by atoms with Gasteiger partial charge in [-0.25, -0.2) is 0 Å². The molecule has 2 aliphatic carbocycles. The first-order valence-corrected chi connectivity index (χ1v) is 8.20. The zero-order valence-corrected chi connectivity index (χ0v) is 13.0. The Morgan fingerprint density at radius 3 is 2.76 bits per heavy atom. The molecule has 0 aromatic heterocycles. The average Bonchev–Trinajstić information content (AvgIpc) is 3.09. The Morgan fingerprint density at radius 1 is 1.33 bits per heavy atom. The van der Waals surface area contributed by atoms with Gasteiger partial charge in [-0.15, -0.1) is 0 Å². The smallest absolute Gasteiger partial charge is 0.261 e. The van der Waals surface area contributed by atoms with E-state index in [-0.39, 0.29) is 12.0 Å². The van der Waals surface area contributed by atoms with Crippen molar-refractivity contribution in [2.75, 3.05) is 0 Å². The van der Waals surface area contributed by atoms with Crippen molar-refractivity contribution in [1.29, 1.82) is 0 Å². The number of rotatable bonds is 5. The molecule has 1 amide bonds. The minimum atomic E-state index is -0.384. The summed E-state index contributed by atoms with van der Waals surface area (Å²) >= 11 is 0. The Hall–Kier alpha value is -1.51. The molecular formula is C18H25NO2. The van der Waals surface area contributed by atoms with Crippen LogP contribution in [0.5, 0.6) is 5.75 Å². The van der Waals surface area contributed by atoms with Crippen LogP contribution in [0.4, 0.5) is 0 Å². The highest BCUT2D eigenvalue weighted by atomic mass is 16.5. The summed E-state index contributed by atoms with van der Waals surface area (Å²) in [6, 6.07) is 8.26. The predicted molar refractivity (Wildman–Crippen MR) is 83.3 cm³/mol. The molecule has 0 unspecified atom stereocenters. The van der Waals surface area contributed by atoms with Crippen molar-refractivity contribution in [2.45, 2.75) is 58.1 Å². The van der Waals surface area contributed by atoms with Crippen LogP contribution in [0.3, 0.4) is 0 Å². The van der Waals surface area contributed by atoms with Crippen LogP contribution < -0.4 is 10.1 Å². The lowest BCUT2D eigenvalue weighted by Gasteiger charge is -2.26. The third kappa shape index (κ3) is 3.07. The van der Waals surface area contributed by atoms with Gasteiger partial charge in [0, 0.05) is 6.04 Å². The Bertz CT molecular complexity index is 514. The molecule has 2 saturated carbocycles. The van der Waals surface area contributed by atoms with Gasteiger partial charge in [0.25, 0.3) is 5.91 Å². The number of para-hydroxylation sites is 1. The molecule has 3 rings (SSSR count). The molecule has 4 atom stereocenters. The molecular weight excluding hydrogens is 262 g/mol. The summed E-state index contributed by atoms with van der Waals surface area (Å²) in [4.78, 5) is 12.5. The Labute approximate surface area is 127 Å². The zero-order valence-electron chi connectivity index (χ0n) is 13.0. The van der Waals surface area contributed by atoms with Crippen molar-refractivity contribution in [3.63, 3.8) is 0 Å². The number of hydrogen-bond donors (Lipinski definition) is 1. The maximum absolute atomic E-state index is 12.5. The number of hydrogen-bond acceptors (Lipinski definition) is 2. The van der Waals surface area contributed by atoms with Crippen LogP contribution >= 0.6 is 0 Å². The Balaban J connectivity index is 1.60. The van der Waals surface area contributed by atoms with Crippen molar-refractivity contribution < 1.29 is 9.53 Å². The van der Waals surface area contributed by atoms with Crippen LogP contribution in [-0.2, 0) is 4.79 Å². The lowest BCUT2D eigenvalue weighted by atomic mass is 9.95. The molecule has 1 aromatic carbocycles. The number of amides is 1. The molecule has 2 aliphatic rings. The maximum Gasteiger partial charge on any atom is 0.261 e. The Morgan fingerprint density at radius 2 is 2.14 bits per heavy atom. The number of fused-ring (bicyclic) bond motifs is 2. The summed E-state index contributed by atoms with van der Waals surface area (Å²) in [5, 5.41) is 3.24. The standard InChI is InChI=1S/C18H25NO2/c1-3-16(21-17-7-5-4-6-12(17)2)18(20)19-15-11-13-8-9-14(15)10-13/h4-7,13-16H,3,8-11H2,1-2H3,(H,19,20)/t13-,14-,15-,16+/m0/s1. The van der Waals surface area contributed by atoms with Crippen LogP contribution in [0.2, 0.25) is 0 Å². The summed E-state index contributed by atoms with van der Waals surface area (Å²) in [5.74, 6) is 2.42. The second-order valence-corrected chi connectivity index (χ2v) is 6.57. The van der Waals surface area contributed by atoms with Gasteiger partial charge in [-0.2, -0.15) is 0 Å². The van der Waals surface area contributed by atoms with E-state index >= 15 is 0 Å². The van der Waals surface area contributed by atoms with Crippen LogP contribution in [-0.4, -0.2) is 18.1 Å². The van der Waals surface area contributed by atoms with E-state index in [2.05, 4.69) is 5.32 Å². The number of carbonyl (C=O) groups excluding carboxylic acids is 1. The van der Waals surface area contributed by atoms with E-state index in [1.807, 2.05) is 38.1 Å². The molecule has 114 valence electrons. The first kappa shape index (κ1) is 14.4. The fraction of sp³-hybridized carbons (Fsp3) is 0.611. The van der Waals surface area contributed by atoms with Gasteiger partial charge < -0.3 is 10.1 Å². The van der Waals surface area contributed by atoms with Crippen molar-refractivity contribution >= 4 is 5.91 Å². The third-order valence-electron chi connectivity index (χ3n) is 5.09. The monoisotopic (exact) mass is 287 g/mol. The lowest BCUT2D eigenvalue weighted by Crippen LogP contribution is -2.45. The second kappa shape index (κ2) is 6.08. The molecule has 3 nitrogen and oxygen atoms in total. The molecule has 0 heterocycles. The molecule has 1 N–H and O–H groups in total. The van der Waals surface area contributed by atoms with E-state index in [1.165, 1.54) is 19.3 Å². The van der Waals surface area contributed by atoms with Gasteiger partial charge in [0.2, 0.25) is 0 Å². The highest BCUT2D eigenvalue weighted by Crippen LogP contribution is 2.44. The number of carbonyl (C=O) groups is 1. The first-order valence-electron chi connectivity index (χ1n) is 8.20. The summed E-state index contributed by atoms with van der Waals surface area (Å²) in [6.45, 7) is 4.01. The summed E-state index contributed by atoms with van der Waals surface area (Å²) < 4.78 is 5.93. The fourth-order valence-corrected chi connectivity index (χ4v) is 3.86. The quantitative estimate of drug-likeness (QED) is 0.900. The minimum Gasteiger partial charge on any atom is -0.480 e. The van der Waals surface area contributed by atoms with Gasteiger partial charge in [0.15, 0.2) is 6.10 Å². The van der Waals surface area contributed by atoms with Crippen molar-refractivity contribution in [3.05, 3.63) is 29.8 Å². The Kier molecular flexibility index (Phi) is 4.18. The number of ether oxygens (including phenoxy) is 1. The van der Waals surface area contributed by atoms with Gasteiger partial charge in [0.05, 0.1) is 0 Å². The average molecular weight is 287 g/mol. The number of aryl methyl sites for hydroxylation is 1. The van der Waals surface area contributed by atoms with Gasteiger partial charge in [0.1, 0.15) is 5.75 Å². The summed E-state index contributed by atoms with van der Waals surface area (Å²) in [5.41, 5.74) is 1.07. The van der Waals surface area contributed by atoms with Gasteiger partial charge in [-0.05, 0) is 56.1 Å². The molecule has 1 aromatic rings. The molecule has 3 heteroatoms. The van der Waals surface area contributed by atoms with Crippen molar-refractivity contribution in [3.8, 4) is 5.75 Å². The van der Waals surface area contributed by atoms with Crippen LogP contribution in [0.25, 0.3) is 0 Å². The predicted octanol–water partition coefficient (Wildman–Crippen LogP) is 3.46. The van der Waals surface area contributed by atoms with E-state index in [1.54, 1.807) is 0 Å². The van der Waals surface area contributed by atoms with Gasteiger partial charge in [-0.3, -0.25) is 4.79 Å². The minimum absolute atomic E-state index is 0.0540. The van der Waals surface area contributed by atoms with E-state index < -0.39 is 0 Å². The van der Waals surface area contributed by atoms with Gasteiger partial charge >= 0.3 is 0 Å². The van der Waals surface area contributed by atoms with Crippen molar-refractivity contribution in [2.24, 2.45) is 11.8 Å². The first-order chi connectivity index (χ1) is 10.2. The van der Waals surface area contributed by atoms with E-state index in [9.17, 15) is 4.79 Å². The molecule has 0 radical (unpaired) electrons. The molecule has 0 saturated heterocycles. The summed E-state index contributed by atoms with van der Waals surface area (Å²) in [7, 11) is 0. The lowest BCUT2D eigenvalue weighted by molar-refractivity contribution is -0.129. The van der Waals surface area contributed by atoms with Gasteiger partial charge in [-0.1, -0.05) is 31.5 Å². The van der Waals surface area contributed by atoms with Crippen molar-refractivity contribution in [1.82, 2.24) is 5.32 Å². The van der Waals surface area contributed by atoms with E-state index in [0.29, 0.717) is 18.4 Å². The molecule has 2 fully saturated rings. The highest BCUT2D eigenvalue weighted by Gasteiger charge is 2.40. The molecule has 0 aliphatic heterocycles. The maximum atomic E-state index is 12.5.